The van der Waals surface area contributed by atoms with Gasteiger partial charge in [0.2, 0.25) is 0 Å². The minimum absolute atomic E-state index is 0.0709. The van der Waals surface area contributed by atoms with Crippen LogP contribution in [-0.2, 0) is 10.0 Å². The number of aromatic nitrogens is 3. The average molecular weight is 329 g/mol. The summed E-state index contributed by atoms with van der Waals surface area (Å²) in [6.45, 7) is 3.46. The highest BCUT2D eigenvalue weighted by molar-refractivity contribution is 7.94. The molecular formula is C10H11N5O2S3. The lowest BCUT2D eigenvalue weighted by Crippen LogP contribution is -2.15. The molecule has 0 unspecified atom stereocenters. The zero-order chi connectivity index (χ0) is 14.9. The molecule has 0 fully saturated rings. The van der Waals surface area contributed by atoms with Crippen LogP contribution in [0.1, 0.15) is 16.3 Å². The molecule has 106 valence electrons. The lowest BCUT2D eigenvalue weighted by molar-refractivity contribution is 0.602. The smallest absolute Gasteiger partial charge is 0.273 e. The zero-order valence-electron chi connectivity index (χ0n) is 10.6. The van der Waals surface area contributed by atoms with E-state index in [1.54, 1.807) is 19.9 Å². The van der Waals surface area contributed by atoms with Gasteiger partial charge in [-0.15, -0.1) is 16.4 Å². The van der Waals surface area contributed by atoms with Gasteiger partial charge in [0, 0.05) is 0 Å². The zero-order valence-corrected chi connectivity index (χ0v) is 13.1. The Morgan fingerprint density at radius 3 is 2.55 bits per heavy atom. The van der Waals surface area contributed by atoms with Gasteiger partial charge in [-0.05, 0) is 26.0 Å². The first kappa shape index (κ1) is 14.8. The fourth-order valence-electron chi connectivity index (χ4n) is 1.27. The maximum absolute atomic E-state index is 12.1. The first-order valence-corrected chi connectivity index (χ1v) is 8.11. The molecule has 0 aromatic carbocycles. The van der Waals surface area contributed by atoms with Crippen molar-refractivity contribution in [2.75, 3.05) is 4.72 Å². The fraction of sp³-hybridized carbons (Fsp3) is 0.200. The van der Waals surface area contributed by atoms with Gasteiger partial charge < -0.3 is 5.73 Å². The Morgan fingerprint density at radius 2 is 2.00 bits per heavy atom. The van der Waals surface area contributed by atoms with Gasteiger partial charge in [0.25, 0.3) is 16.0 Å². The van der Waals surface area contributed by atoms with E-state index in [9.17, 15) is 8.42 Å². The van der Waals surface area contributed by atoms with Gasteiger partial charge in [0.05, 0.1) is 16.3 Å². The van der Waals surface area contributed by atoms with Crippen LogP contribution in [0.25, 0.3) is 0 Å². The molecule has 10 heteroatoms. The normalized spacial score (nSPS) is 11.3. The van der Waals surface area contributed by atoms with Crippen molar-refractivity contribution in [2.45, 2.75) is 18.1 Å². The van der Waals surface area contributed by atoms with Crippen LogP contribution in [0.15, 0.2) is 16.3 Å². The summed E-state index contributed by atoms with van der Waals surface area (Å²) in [5.41, 5.74) is 6.69. The summed E-state index contributed by atoms with van der Waals surface area (Å²) in [5.74, 6) is -0.0709. The molecule has 0 aliphatic heterocycles. The standard InChI is InChI=1S/C10H11N5O2S3/c1-5-6(2)13-14-10(12-5)15-20(16,17)8-4-3-7(19-8)9(11)18/h3-4H,1-2H3,(H2,11,18)(H,12,14,15). The number of hydrogen-bond donors (Lipinski definition) is 2. The van der Waals surface area contributed by atoms with Crippen LogP contribution in [-0.4, -0.2) is 28.6 Å². The first-order valence-electron chi connectivity index (χ1n) is 5.40. The SMILES string of the molecule is Cc1nnc(NS(=O)(=O)c2ccc(C(N)=S)s2)nc1C. The second-order valence-corrected chi connectivity index (χ2v) is 7.33. The highest BCUT2D eigenvalue weighted by Crippen LogP contribution is 2.23. The van der Waals surface area contributed by atoms with Crippen molar-refractivity contribution in [1.29, 1.82) is 0 Å². The Hall–Kier alpha value is -1.65. The van der Waals surface area contributed by atoms with Gasteiger partial charge in [-0.25, -0.2) is 18.1 Å². The highest BCUT2D eigenvalue weighted by Gasteiger charge is 2.19. The summed E-state index contributed by atoms with van der Waals surface area (Å²) in [7, 11) is -3.77. The van der Waals surface area contributed by atoms with E-state index in [2.05, 4.69) is 19.9 Å². The van der Waals surface area contributed by atoms with E-state index in [4.69, 9.17) is 18.0 Å². The van der Waals surface area contributed by atoms with Gasteiger partial charge in [-0.3, -0.25) is 0 Å². The lowest BCUT2D eigenvalue weighted by Gasteiger charge is -2.05. The maximum Gasteiger partial charge on any atom is 0.273 e. The van der Waals surface area contributed by atoms with Gasteiger partial charge in [-0.1, -0.05) is 12.2 Å². The molecule has 0 spiro atoms. The molecule has 3 N–H and O–H groups in total. The van der Waals surface area contributed by atoms with Crippen LogP contribution in [0.5, 0.6) is 0 Å². The predicted molar refractivity (Wildman–Crippen MR) is 80.3 cm³/mol. The van der Waals surface area contributed by atoms with Gasteiger partial charge in [0.15, 0.2) is 0 Å². The first-order chi connectivity index (χ1) is 9.29. The summed E-state index contributed by atoms with van der Waals surface area (Å²) in [6, 6.07) is 2.98. The van der Waals surface area contributed by atoms with Crippen LogP contribution >= 0.6 is 23.6 Å². The van der Waals surface area contributed by atoms with Crippen LogP contribution in [0.2, 0.25) is 0 Å². The highest BCUT2D eigenvalue weighted by atomic mass is 32.2. The van der Waals surface area contributed by atoms with Crippen molar-refractivity contribution in [3.63, 3.8) is 0 Å². The summed E-state index contributed by atoms with van der Waals surface area (Å²) in [5, 5.41) is 7.51. The number of hydrogen-bond acceptors (Lipinski definition) is 7. The number of aryl methyl sites for hydroxylation is 2. The number of thiocarbonyl (C=S) groups is 1. The largest absolute Gasteiger partial charge is 0.389 e. The van der Waals surface area contributed by atoms with Crippen LogP contribution in [0.4, 0.5) is 5.95 Å². The Kier molecular flexibility index (Phi) is 3.97. The minimum Gasteiger partial charge on any atom is -0.389 e. The monoisotopic (exact) mass is 329 g/mol. The number of nitrogens with zero attached hydrogens (tertiary/aromatic N) is 3. The van der Waals surface area contributed by atoms with Gasteiger partial charge in [0.1, 0.15) is 9.20 Å². The second kappa shape index (κ2) is 5.38. The predicted octanol–water partition coefficient (Wildman–Crippen LogP) is 0.985. The van der Waals surface area contributed by atoms with Crippen molar-refractivity contribution >= 4 is 44.5 Å². The molecule has 2 aromatic rings. The van der Waals surface area contributed by atoms with E-state index in [1.807, 2.05) is 0 Å². The Balaban J connectivity index is 2.30. The Bertz CT molecular complexity index is 769. The third-order valence-electron chi connectivity index (χ3n) is 2.41. The van der Waals surface area contributed by atoms with E-state index >= 15 is 0 Å². The molecular weight excluding hydrogens is 318 g/mol. The molecule has 0 amide bonds. The lowest BCUT2D eigenvalue weighted by atomic mass is 10.4. The quantitative estimate of drug-likeness (QED) is 0.804. The van der Waals surface area contributed by atoms with Crippen molar-refractivity contribution in [3.8, 4) is 0 Å². The third-order valence-corrected chi connectivity index (χ3v) is 5.69. The summed E-state index contributed by atoms with van der Waals surface area (Å²) >= 11 is 5.78. The van der Waals surface area contributed by atoms with E-state index in [0.717, 1.165) is 11.3 Å². The molecule has 0 bridgehead atoms. The number of nitrogens with two attached hydrogens (primary N) is 1. The van der Waals surface area contributed by atoms with Crippen LogP contribution in [0, 0.1) is 13.8 Å². The second-order valence-electron chi connectivity index (χ2n) is 3.89. The molecule has 20 heavy (non-hydrogen) atoms. The van der Waals surface area contributed by atoms with Crippen molar-refractivity contribution in [1.82, 2.24) is 15.2 Å². The molecule has 2 rings (SSSR count). The van der Waals surface area contributed by atoms with E-state index in [1.165, 1.54) is 6.07 Å². The molecule has 0 saturated heterocycles. The number of anilines is 1. The summed E-state index contributed by atoms with van der Waals surface area (Å²) < 4.78 is 26.6. The van der Waals surface area contributed by atoms with E-state index < -0.39 is 10.0 Å². The van der Waals surface area contributed by atoms with Gasteiger partial charge >= 0.3 is 0 Å². The molecule has 0 radical (unpaired) electrons. The molecule has 2 heterocycles. The van der Waals surface area contributed by atoms with Crippen molar-refractivity contribution < 1.29 is 8.42 Å². The van der Waals surface area contributed by atoms with Crippen LogP contribution < -0.4 is 10.5 Å². The van der Waals surface area contributed by atoms with E-state index in [0.29, 0.717) is 16.3 Å². The fourth-order valence-corrected chi connectivity index (χ4v) is 3.56. The molecule has 0 atom stereocenters. The summed E-state index contributed by atoms with van der Waals surface area (Å²) in [4.78, 5) is 4.70. The van der Waals surface area contributed by atoms with Crippen LogP contribution in [0.3, 0.4) is 0 Å². The molecule has 2 aromatic heterocycles. The average Bonchev–Trinajstić information content (AvgIpc) is 2.84. The number of rotatable bonds is 4. The van der Waals surface area contributed by atoms with E-state index in [-0.39, 0.29) is 15.1 Å². The number of sulfonamides is 1. The number of thiophene rings is 1. The molecule has 7 nitrogen and oxygen atoms in total. The Morgan fingerprint density at radius 1 is 1.30 bits per heavy atom. The van der Waals surface area contributed by atoms with Crippen molar-refractivity contribution in [2.24, 2.45) is 5.73 Å². The molecule has 0 aliphatic rings. The number of nitrogens with one attached hydrogen (secondary N) is 1. The topological polar surface area (TPSA) is 111 Å². The maximum atomic E-state index is 12.1. The summed E-state index contributed by atoms with van der Waals surface area (Å²) in [6.07, 6.45) is 0. The Labute approximate surface area is 125 Å². The minimum atomic E-state index is -3.77. The molecule has 0 saturated carbocycles. The molecule has 0 aliphatic carbocycles. The van der Waals surface area contributed by atoms with Crippen molar-refractivity contribution in [3.05, 3.63) is 28.4 Å². The third kappa shape index (κ3) is 3.08. The van der Waals surface area contributed by atoms with Gasteiger partial charge in [-0.2, -0.15) is 5.10 Å².